The Balaban J connectivity index is 1.12. The minimum Gasteiger partial charge on any atom is -0.324 e. The van der Waals surface area contributed by atoms with E-state index in [1.165, 1.54) is 50.8 Å². The number of nitrogens with zero attached hydrogens (tertiary/aromatic N) is 8. The van der Waals surface area contributed by atoms with E-state index >= 15 is 0 Å². The van der Waals surface area contributed by atoms with E-state index in [0.29, 0.717) is 22.4 Å². The third-order valence-electron chi connectivity index (χ3n) is 8.21. The lowest BCUT2D eigenvalue weighted by Gasteiger charge is -2.54. The van der Waals surface area contributed by atoms with E-state index in [0.717, 1.165) is 24.4 Å². The van der Waals surface area contributed by atoms with Crippen LogP contribution in [-0.2, 0) is 6.54 Å². The van der Waals surface area contributed by atoms with Crippen molar-refractivity contribution in [2.24, 2.45) is 5.41 Å². The van der Waals surface area contributed by atoms with Crippen molar-refractivity contribution in [3.63, 3.8) is 0 Å². The maximum Gasteiger partial charge on any atom is 0.229 e. The van der Waals surface area contributed by atoms with Crippen LogP contribution in [0.3, 0.4) is 0 Å². The third-order valence-corrected chi connectivity index (χ3v) is 8.21. The van der Waals surface area contributed by atoms with Crippen LogP contribution in [0.2, 0.25) is 0 Å². The van der Waals surface area contributed by atoms with Gasteiger partial charge in [0.25, 0.3) is 0 Å². The number of piperidine rings is 1. The zero-order chi connectivity index (χ0) is 27.1. The summed E-state index contributed by atoms with van der Waals surface area (Å²) in [5, 5.41) is 3.12. The minimum absolute atomic E-state index is 0.184. The Labute approximate surface area is 228 Å². The van der Waals surface area contributed by atoms with Gasteiger partial charge in [-0.15, -0.1) is 0 Å². The first kappa shape index (κ1) is 25.8. The van der Waals surface area contributed by atoms with Gasteiger partial charge < -0.3 is 14.8 Å². The summed E-state index contributed by atoms with van der Waals surface area (Å²) in [7, 11) is 0. The number of anilines is 2. The van der Waals surface area contributed by atoms with Crippen molar-refractivity contribution in [3.05, 3.63) is 54.0 Å². The van der Waals surface area contributed by atoms with E-state index in [1.807, 2.05) is 25.3 Å². The van der Waals surface area contributed by atoms with Gasteiger partial charge in [0, 0.05) is 43.6 Å². The number of aryl methyl sites for hydroxylation is 1. The Morgan fingerprint density at radius 2 is 1.79 bits per heavy atom. The molecular weight excluding hydrogens is 493 g/mol. The summed E-state index contributed by atoms with van der Waals surface area (Å²) in [4.78, 5) is 27.2. The zero-order valence-corrected chi connectivity index (χ0v) is 23.2. The Morgan fingerprint density at radius 1 is 1.00 bits per heavy atom. The summed E-state index contributed by atoms with van der Waals surface area (Å²) < 4.78 is 16.9. The van der Waals surface area contributed by atoms with Crippen LogP contribution in [0.5, 0.6) is 0 Å². The smallest absolute Gasteiger partial charge is 0.229 e. The summed E-state index contributed by atoms with van der Waals surface area (Å²) >= 11 is 0. The molecule has 6 rings (SSSR count). The van der Waals surface area contributed by atoms with Gasteiger partial charge in [-0.25, -0.2) is 29.3 Å². The van der Waals surface area contributed by atoms with E-state index in [9.17, 15) is 4.39 Å². The minimum atomic E-state index is -0.509. The number of rotatable bonds is 7. The van der Waals surface area contributed by atoms with E-state index in [2.05, 4.69) is 71.4 Å². The third kappa shape index (κ3) is 5.10. The van der Waals surface area contributed by atoms with Crippen molar-refractivity contribution in [1.29, 1.82) is 0 Å². The molecule has 0 unspecified atom stereocenters. The number of nitrogens with one attached hydrogen (secondary N) is 1. The molecule has 2 saturated heterocycles. The summed E-state index contributed by atoms with van der Waals surface area (Å²) in [6, 6.07) is 6.10. The molecule has 9 nitrogen and oxygen atoms in total. The highest BCUT2D eigenvalue weighted by molar-refractivity contribution is 5.78. The van der Waals surface area contributed by atoms with Crippen LogP contribution in [0, 0.1) is 18.2 Å². The molecule has 0 atom stereocenters. The Hall–Kier alpha value is -3.50. The van der Waals surface area contributed by atoms with Crippen molar-refractivity contribution in [2.75, 3.05) is 38.0 Å². The average molecular weight is 530 g/mol. The van der Waals surface area contributed by atoms with E-state index in [4.69, 9.17) is 0 Å². The number of likely N-dealkylation sites (tertiary alicyclic amines) is 2. The molecule has 0 aromatic carbocycles. The van der Waals surface area contributed by atoms with Gasteiger partial charge in [0.1, 0.15) is 17.3 Å². The maximum absolute atomic E-state index is 14.8. The van der Waals surface area contributed by atoms with Crippen molar-refractivity contribution in [1.82, 2.24) is 39.3 Å². The predicted molar refractivity (Wildman–Crippen MR) is 150 cm³/mol. The lowest BCUT2D eigenvalue weighted by atomic mass is 9.72. The molecule has 1 spiro atoms. The molecule has 1 N–H and O–H groups in total. The standard InChI is InChI=1S/C29H36FN9/c1-5-37-10-8-29(9-11-37)17-38(18-29)16-21-6-7-25(31-13-21)35-28-33-15-23(30)26(36-28)22-12-24-27(32-14-22)34-20(4)39(24)19(2)3/h6-7,12-15,19H,5,8-11,16-18H2,1-4H3,(H,31,33,35,36). The highest BCUT2D eigenvalue weighted by atomic mass is 19.1. The van der Waals surface area contributed by atoms with Gasteiger partial charge >= 0.3 is 0 Å². The van der Waals surface area contributed by atoms with Gasteiger partial charge in [0.2, 0.25) is 5.95 Å². The SMILES string of the molecule is CCN1CCC2(CC1)CN(Cc1ccc(Nc3ncc(F)c(-c4cnc5nc(C)n(C(C)C)c5c4)n3)nc1)C2. The first-order valence-electron chi connectivity index (χ1n) is 13.9. The fraction of sp³-hybridized carbons (Fsp3) is 0.483. The highest BCUT2D eigenvalue weighted by Gasteiger charge is 2.44. The summed E-state index contributed by atoms with van der Waals surface area (Å²) in [5.74, 6) is 1.26. The molecular formula is C29H36FN9. The molecule has 2 aliphatic rings. The van der Waals surface area contributed by atoms with Crippen molar-refractivity contribution >= 4 is 22.9 Å². The molecule has 0 amide bonds. The van der Waals surface area contributed by atoms with Gasteiger partial charge in [0.15, 0.2) is 11.5 Å². The largest absolute Gasteiger partial charge is 0.324 e. The molecule has 0 bridgehead atoms. The molecule has 2 aliphatic heterocycles. The van der Waals surface area contributed by atoms with Crippen molar-refractivity contribution in [3.8, 4) is 11.3 Å². The van der Waals surface area contributed by atoms with Gasteiger partial charge in [-0.05, 0) is 76.4 Å². The normalized spacial score (nSPS) is 17.7. The predicted octanol–water partition coefficient (Wildman–Crippen LogP) is 4.97. The molecule has 204 valence electrons. The second-order valence-corrected chi connectivity index (χ2v) is 11.3. The Bertz CT molecular complexity index is 1460. The van der Waals surface area contributed by atoms with E-state index in [1.54, 1.807) is 6.20 Å². The number of imidazole rings is 1. The molecule has 2 fully saturated rings. The number of pyridine rings is 2. The molecule has 6 heterocycles. The average Bonchev–Trinajstić information content (AvgIpc) is 3.25. The Kier molecular flexibility index (Phi) is 6.76. The number of hydrogen-bond acceptors (Lipinski definition) is 8. The molecule has 4 aromatic heterocycles. The van der Waals surface area contributed by atoms with E-state index in [-0.39, 0.29) is 17.7 Å². The quantitative estimate of drug-likeness (QED) is 0.359. The van der Waals surface area contributed by atoms with Crippen molar-refractivity contribution < 1.29 is 4.39 Å². The van der Waals surface area contributed by atoms with Gasteiger partial charge in [-0.1, -0.05) is 13.0 Å². The van der Waals surface area contributed by atoms with Gasteiger partial charge in [-0.3, -0.25) is 4.90 Å². The number of halogens is 1. The van der Waals surface area contributed by atoms with Crippen LogP contribution in [0.15, 0.2) is 36.8 Å². The second-order valence-electron chi connectivity index (χ2n) is 11.3. The van der Waals surface area contributed by atoms with Crippen LogP contribution in [0.1, 0.15) is 51.0 Å². The van der Waals surface area contributed by atoms with E-state index < -0.39 is 5.82 Å². The van der Waals surface area contributed by atoms with Crippen LogP contribution in [0.25, 0.3) is 22.4 Å². The first-order chi connectivity index (χ1) is 18.8. The fourth-order valence-corrected chi connectivity index (χ4v) is 6.14. The molecule has 0 radical (unpaired) electrons. The zero-order valence-electron chi connectivity index (χ0n) is 23.2. The molecule has 39 heavy (non-hydrogen) atoms. The molecule has 10 heteroatoms. The van der Waals surface area contributed by atoms with Crippen LogP contribution in [-0.4, -0.2) is 72.0 Å². The summed E-state index contributed by atoms with van der Waals surface area (Å²) in [6.45, 7) is 15.2. The topological polar surface area (TPSA) is 87.9 Å². The maximum atomic E-state index is 14.8. The summed E-state index contributed by atoms with van der Waals surface area (Å²) in [5.41, 5.74) is 3.94. The highest BCUT2D eigenvalue weighted by Crippen LogP contribution is 2.41. The van der Waals surface area contributed by atoms with Crippen LogP contribution < -0.4 is 5.32 Å². The fourth-order valence-electron chi connectivity index (χ4n) is 6.14. The summed E-state index contributed by atoms with van der Waals surface area (Å²) in [6.07, 6.45) is 7.30. The van der Waals surface area contributed by atoms with Gasteiger partial charge in [-0.2, -0.15) is 0 Å². The monoisotopic (exact) mass is 529 g/mol. The van der Waals surface area contributed by atoms with Gasteiger partial charge in [0.05, 0.1) is 11.7 Å². The van der Waals surface area contributed by atoms with Crippen LogP contribution in [0.4, 0.5) is 16.2 Å². The number of fused-ring (bicyclic) bond motifs is 1. The van der Waals surface area contributed by atoms with Crippen molar-refractivity contribution in [2.45, 2.75) is 53.1 Å². The first-order valence-corrected chi connectivity index (χ1v) is 13.9. The van der Waals surface area contributed by atoms with Crippen LogP contribution >= 0.6 is 0 Å². The Morgan fingerprint density at radius 3 is 2.49 bits per heavy atom. The lowest BCUT2D eigenvalue weighted by Crippen LogP contribution is -2.59. The molecule has 4 aromatic rings. The lowest BCUT2D eigenvalue weighted by molar-refractivity contribution is -0.0502. The number of hydrogen-bond donors (Lipinski definition) is 1. The number of aromatic nitrogens is 6. The molecule has 0 saturated carbocycles. The second kappa shape index (κ2) is 10.2. The molecule has 0 aliphatic carbocycles.